The molecule has 27 heavy (non-hydrogen) atoms. The lowest BCUT2D eigenvalue weighted by Crippen LogP contribution is -2.36. The van der Waals surface area contributed by atoms with Gasteiger partial charge < -0.3 is 25.2 Å². The largest absolute Gasteiger partial charge is 0.472 e. The van der Waals surface area contributed by atoms with Gasteiger partial charge in [-0.2, -0.15) is 0 Å². The maximum absolute atomic E-state index is 11.5. The molecule has 12 nitrogen and oxygen atoms in total. The van der Waals surface area contributed by atoms with Crippen LogP contribution in [0.2, 0.25) is 0 Å². The highest BCUT2D eigenvalue weighted by Crippen LogP contribution is 2.43. The second-order valence-corrected chi connectivity index (χ2v) is 7.13. The van der Waals surface area contributed by atoms with Gasteiger partial charge >= 0.3 is 7.82 Å². The van der Waals surface area contributed by atoms with Crippen molar-refractivity contribution in [2.24, 2.45) is 0 Å². The van der Waals surface area contributed by atoms with Gasteiger partial charge in [0.1, 0.15) is 36.8 Å². The van der Waals surface area contributed by atoms with Crippen molar-refractivity contribution in [3.63, 3.8) is 0 Å². The summed E-state index contributed by atoms with van der Waals surface area (Å²) in [6, 6.07) is 0. The van der Waals surface area contributed by atoms with Crippen LogP contribution >= 0.6 is 7.82 Å². The first-order valence-corrected chi connectivity index (χ1v) is 9.22. The molecule has 2 aromatic heterocycles. The number of phosphoric ester groups is 1. The van der Waals surface area contributed by atoms with Crippen LogP contribution in [0.1, 0.15) is 6.23 Å². The molecule has 1 aliphatic rings. The van der Waals surface area contributed by atoms with Gasteiger partial charge in [0, 0.05) is 7.11 Å². The molecule has 0 amide bonds. The number of aliphatic hydroxyl groups is 1. The number of nitrogens with zero attached hydrogens (tertiary/aromatic N) is 4. The molecule has 1 saturated heterocycles. The maximum atomic E-state index is 11.5. The molecule has 0 bridgehead atoms. The predicted molar refractivity (Wildman–Crippen MR) is 91.0 cm³/mol. The van der Waals surface area contributed by atoms with Crippen molar-refractivity contribution < 1.29 is 33.1 Å². The van der Waals surface area contributed by atoms with Gasteiger partial charge in [-0.25, -0.2) is 19.5 Å². The molecule has 13 heteroatoms. The molecule has 5 atom stereocenters. The Labute approximate surface area is 153 Å². The molecule has 0 saturated carbocycles. The van der Waals surface area contributed by atoms with Crippen molar-refractivity contribution in [2.45, 2.75) is 24.5 Å². The van der Waals surface area contributed by atoms with E-state index in [2.05, 4.69) is 25.4 Å². The first-order chi connectivity index (χ1) is 12.9. The van der Waals surface area contributed by atoms with Gasteiger partial charge in [-0.15, -0.1) is 6.42 Å². The summed E-state index contributed by atoms with van der Waals surface area (Å²) in [5, 5.41) is 10.7. The molecule has 146 valence electrons. The highest BCUT2D eigenvalue weighted by molar-refractivity contribution is 7.47. The van der Waals surface area contributed by atoms with E-state index < -0.39 is 32.4 Å². The zero-order valence-electron chi connectivity index (χ0n) is 14.2. The highest BCUT2D eigenvalue weighted by atomic mass is 31.2. The third kappa shape index (κ3) is 3.95. The Morgan fingerprint density at radius 1 is 1.48 bits per heavy atom. The molecule has 4 N–H and O–H groups in total. The van der Waals surface area contributed by atoms with Gasteiger partial charge in [0.15, 0.2) is 17.7 Å². The van der Waals surface area contributed by atoms with Gasteiger partial charge in [0.25, 0.3) is 0 Å². The molecule has 1 aliphatic heterocycles. The van der Waals surface area contributed by atoms with Crippen molar-refractivity contribution in [1.82, 2.24) is 19.5 Å². The Bertz CT molecular complexity index is 900. The lowest BCUT2D eigenvalue weighted by molar-refractivity contribution is -0.0556. The Balaban J connectivity index is 1.86. The van der Waals surface area contributed by atoms with Crippen LogP contribution in [0.25, 0.3) is 11.2 Å². The number of terminal acetylenes is 1. The number of anilines is 1. The summed E-state index contributed by atoms with van der Waals surface area (Å²) < 4.78 is 33.4. The number of nitrogens with two attached hydrogens (primary N) is 1. The van der Waals surface area contributed by atoms with Crippen LogP contribution in [0.15, 0.2) is 12.7 Å². The Hall–Kier alpha value is -2.10. The van der Waals surface area contributed by atoms with E-state index in [4.69, 9.17) is 26.2 Å². The summed E-state index contributed by atoms with van der Waals surface area (Å²) in [7, 11) is -3.21. The minimum Gasteiger partial charge on any atom is -0.386 e. The van der Waals surface area contributed by atoms with Crippen LogP contribution in [-0.4, -0.2) is 68.2 Å². The zero-order chi connectivity index (χ0) is 19.6. The molecule has 0 aromatic carbocycles. The third-order valence-corrected chi connectivity index (χ3v) is 4.90. The molecule has 3 heterocycles. The fourth-order valence-corrected chi connectivity index (χ4v) is 3.15. The summed E-state index contributed by atoms with van der Waals surface area (Å²) in [6.45, 7) is -0.483. The number of imidazole rings is 1. The summed E-state index contributed by atoms with van der Waals surface area (Å²) in [5.74, 6) is 2.46. The second kappa shape index (κ2) is 7.87. The number of phosphoric acid groups is 1. The monoisotopic (exact) mass is 399 g/mol. The topological polar surface area (TPSA) is 164 Å². The number of aromatic nitrogens is 4. The van der Waals surface area contributed by atoms with Crippen LogP contribution in [0.3, 0.4) is 0 Å². The molecule has 2 aromatic rings. The summed E-state index contributed by atoms with van der Waals surface area (Å²) >= 11 is 0. The van der Waals surface area contributed by atoms with E-state index in [1.54, 1.807) is 0 Å². The van der Waals surface area contributed by atoms with E-state index >= 15 is 0 Å². The van der Waals surface area contributed by atoms with Crippen LogP contribution in [0.4, 0.5) is 5.82 Å². The van der Waals surface area contributed by atoms with E-state index in [0.29, 0.717) is 11.2 Å². The molecule has 2 unspecified atom stereocenters. The van der Waals surface area contributed by atoms with Gasteiger partial charge in [0.05, 0.1) is 12.9 Å². The number of fused-ring (bicyclic) bond motifs is 1. The fraction of sp³-hybridized carbons (Fsp3) is 0.500. The van der Waals surface area contributed by atoms with E-state index in [1.165, 1.54) is 17.2 Å². The SMILES string of the molecule is C#CCOC1[C@@H](COP(=O)(O)OC)O[C@@H](n2cnc3c(N)ncnc32)[C@H]1O. The van der Waals surface area contributed by atoms with Gasteiger partial charge in [0.2, 0.25) is 0 Å². The van der Waals surface area contributed by atoms with Crippen molar-refractivity contribution in [3.8, 4) is 12.3 Å². The van der Waals surface area contributed by atoms with E-state index in [9.17, 15) is 14.6 Å². The molecule has 0 aliphatic carbocycles. The highest BCUT2D eigenvalue weighted by Gasteiger charge is 2.47. The molecule has 0 spiro atoms. The molecule has 1 fully saturated rings. The quantitative estimate of drug-likeness (QED) is 0.404. The molecule has 3 rings (SSSR count). The van der Waals surface area contributed by atoms with Gasteiger partial charge in [-0.3, -0.25) is 13.6 Å². The van der Waals surface area contributed by atoms with E-state index in [0.717, 1.165) is 7.11 Å². The lowest BCUT2D eigenvalue weighted by Gasteiger charge is -2.20. The Kier molecular flexibility index (Phi) is 5.73. The third-order valence-electron chi connectivity index (χ3n) is 3.96. The number of hydrogen-bond acceptors (Lipinski definition) is 10. The number of ether oxygens (including phenoxy) is 2. The Morgan fingerprint density at radius 3 is 2.96 bits per heavy atom. The summed E-state index contributed by atoms with van der Waals surface area (Å²) in [5.41, 5.74) is 6.45. The van der Waals surface area contributed by atoms with Crippen molar-refractivity contribution in [2.75, 3.05) is 26.1 Å². The van der Waals surface area contributed by atoms with Crippen molar-refractivity contribution >= 4 is 24.8 Å². The number of nitrogen functional groups attached to an aromatic ring is 1. The minimum atomic E-state index is -4.24. The second-order valence-electron chi connectivity index (χ2n) is 5.57. The molecular formula is C14H18N5O7P. The van der Waals surface area contributed by atoms with E-state index in [-0.39, 0.29) is 19.0 Å². The van der Waals surface area contributed by atoms with E-state index in [1.807, 2.05) is 0 Å². The van der Waals surface area contributed by atoms with Gasteiger partial charge in [-0.1, -0.05) is 5.92 Å². The average molecular weight is 399 g/mol. The zero-order valence-corrected chi connectivity index (χ0v) is 15.1. The van der Waals surface area contributed by atoms with Crippen LogP contribution in [0.5, 0.6) is 0 Å². The minimum absolute atomic E-state index is 0.102. The maximum Gasteiger partial charge on any atom is 0.472 e. The lowest BCUT2D eigenvalue weighted by atomic mass is 10.1. The fourth-order valence-electron chi connectivity index (χ4n) is 2.71. The average Bonchev–Trinajstić information content (AvgIpc) is 3.20. The van der Waals surface area contributed by atoms with Crippen LogP contribution in [-0.2, 0) is 23.1 Å². The first kappa shape index (κ1) is 19.7. The molecular weight excluding hydrogens is 381 g/mol. The van der Waals surface area contributed by atoms with Crippen molar-refractivity contribution in [3.05, 3.63) is 12.7 Å². The van der Waals surface area contributed by atoms with Gasteiger partial charge in [-0.05, 0) is 0 Å². The number of aliphatic hydroxyl groups excluding tert-OH is 1. The predicted octanol–water partition coefficient (Wildman–Crippen LogP) is -0.551. The number of rotatable bonds is 7. The van der Waals surface area contributed by atoms with Crippen LogP contribution < -0.4 is 5.73 Å². The van der Waals surface area contributed by atoms with Crippen molar-refractivity contribution in [1.29, 1.82) is 0 Å². The van der Waals surface area contributed by atoms with Crippen LogP contribution in [0, 0.1) is 12.3 Å². The normalized spacial score (nSPS) is 27.5. The Morgan fingerprint density at radius 2 is 2.26 bits per heavy atom. The summed E-state index contributed by atoms with van der Waals surface area (Å²) in [4.78, 5) is 21.5. The summed E-state index contributed by atoms with van der Waals surface area (Å²) in [6.07, 6.45) is 3.84. The first-order valence-electron chi connectivity index (χ1n) is 7.72. The standard InChI is InChI=1S/C14H18N5O7P/c1-3-4-24-11-8(5-25-27(21,22)23-2)26-14(10(11)20)19-7-18-9-12(15)16-6-17-13(9)19/h1,6-8,10-11,14,20H,4-5H2,2H3,(H,21,22)(H2,15,16,17)/t8-,10+,11?,14-/m1/s1. The smallest absolute Gasteiger partial charge is 0.386 e. The number of hydrogen-bond donors (Lipinski definition) is 3. The molecule has 0 radical (unpaired) electrons.